The Morgan fingerprint density at radius 2 is 1.95 bits per heavy atom. The Kier molecular flexibility index (Phi) is 4.91. The van der Waals surface area contributed by atoms with Gasteiger partial charge in [-0.3, -0.25) is 0 Å². The van der Waals surface area contributed by atoms with E-state index in [2.05, 4.69) is 24.3 Å². The number of nitrogens with one attached hydrogen (secondary N) is 1. The van der Waals surface area contributed by atoms with Gasteiger partial charge < -0.3 is 14.6 Å². The van der Waals surface area contributed by atoms with E-state index in [1.807, 2.05) is 32.0 Å². The number of hydrogen-bond acceptors (Lipinski definition) is 4. The Hall–Kier alpha value is -1.52. The summed E-state index contributed by atoms with van der Waals surface area (Å²) in [5, 5.41) is 8.25. The lowest BCUT2D eigenvalue weighted by molar-refractivity contribution is 0.386. The summed E-state index contributed by atoms with van der Waals surface area (Å²) in [5.74, 6) is 1.67. The zero-order chi connectivity index (χ0) is 15.6. The number of ether oxygens (including phenoxy) is 1. The Bertz CT molecular complexity index is 605. The van der Waals surface area contributed by atoms with Crippen molar-refractivity contribution in [2.45, 2.75) is 39.8 Å². The summed E-state index contributed by atoms with van der Waals surface area (Å²) in [6.45, 7) is 8.07. The van der Waals surface area contributed by atoms with Gasteiger partial charge in [0.05, 0.1) is 12.8 Å². The van der Waals surface area contributed by atoms with Gasteiger partial charge in [0.2, 0.25) is 0 Å². The van der Waals surface area contributed by atoms with Gasteiger partial charge in [-0.2, -0.15) is 0 Å². The molecule has 1 aromatic heterocycles. The molecule has 0 fully saturated rings. The molecule has 0 saturated heterocycles. The number of methoxy groups -OCH3 is 1. The molecule has 0 aliphatic heterocycles. The van der Waals surface area contributed by atoms with Crippen molar-refractivity contribution in [2.75, 3.05) is 7.11 Å². The molecular formula is C16H21ClN2O2. The predicted molar refractivity (Wildman–Crippen MR) is 83.9 cm³/mol. The van der Waals surface area contributed by atoms with Gasteiger partial charge in [0.25, 0.3) is 0 Å². The van der Waals surface area contributed by atoms with Crippen LogP contribution in [-0.2, 0) is 0 Å². The van der Waals surface area contributed by atoms with Gasteiger partial charge in [0.15, 0.2) is 0 Å². The molecule has 2 aromatic rings. The van der Waals surface area contributed by atoms with Crippen LogP contribution in [0.25, 0.3) is 0 Å². The van der Waals surface area contributed by atoms with Crippen LogP contribution < -0.4 is 10.1 Å². The second-order valence-corrected chi connectivity index (χ2v) is 5.67. The molecule has 2 rings (SSSR count). The number of aromatic nitrogens is 1. The monoisotopic (exact) mass is 308 g/mol. The fourth-order valence-electron chi connectivity index (χ4n) is 2.70. The van der Waals surface area contributed by atoms with E-state index >= 15 is 0 Å². The smallest absolute Gasteiger partial charge is 0.138 e. The maximum Gasteiger partial charge on any atom is 0.138 e. The molecule has 0 saturated carbocycles. The summed E-state index contributed by atoms with van der Waals surface area (Å²) in [7, 11) is 1.66. The van der Waals surface area contributed by atoms with Crippen LogP contribution in [0.4, 0.5) is 0 Å². The largest absolute Gasteiger partial charge is 0.496 e. The molecule has 1 heterocycles. The third-order valence-electron chi connectivity index (χ3n) is 3.68. The van der Waals surface area contributed by atoms with Crippen molar-refractivity contribution in [2.24, 2.45) is 0 Å². The van der Waals surface area contributed by atoms with E-state index in [0.29, 0.717) is 5.02 Å². The van der Waals surface area contributed by atoms with Crippen LogP contribution in [0.3, 0.4) is 0 Å². The van der Waals surface area contributed by atoms with E-state index in [-0.39, 0.29) is 12.1 Å². The number of aryl methyl sites for hydroxylation is 2. The molecule has 0 radical (unpaired) electrons. The Balaban J connectivity index is 2.22. The van der Waals surface area contributed by atoms with Crippen LogP contribution in [0.5, 0.6) is 5.75 Å². The van der Waals surface area contributed by atoms with Gasteiger partial charge in [0, 0.05) is 28.2 Å². The third kappa shape index (κ3) is 3.39. The van der Waals surface area contributed by atoms with Crippen molar-refractivity contribution in [3.63, 3.8) is 0 Å². The molecule has 0 bridgehead atoms. The molecule has 114 valence electrons. The first kappa shape index (κ1) is 15.9. The highest BCUT2D eigenvalue weighted by Gasteiger charge is 2.20. The van der Waals surface area contributed by atoms with Crippen LogP contribution in [0.2, 0.25) is 5.02 Å². The lowest BCUT2D eigenvalue weighted by atomic mass is 10.0. The lowest BCUT2D eigenvalue weighted by Gasteiger charge is -2.22. The minimum Gasteiger partial charge on any atom is -0.496 e. The topological polar surface area (TPSA) is 47.3 Å². The summed E-state index contributed by atoms with van der Waals surface area (Å²) >= 11 is 6.10. The van der Waals surface area contributed by atoms with Gasteiger partial charge in [-0.1, -0.05) is 16.8 Å². The van der Waals surface area contributed by atoms with Crippen molar-refractivity contribution in [1.82, 2.24) is 10.5 Å². The first-order chi connectivity index (χ1) is 9.93. The summed E-state index contributed by atoms with van der Waals surface area (Å²) in [6.07, 6.45) is 0. The van der Waals surface area contributed by atoms with E-state index in [9.17, 15) is 0 Å². The highest BCUT2D eigenvalue weighted by molar-refractivity contribution is 6.30. The molecule has 1 N–H and O–H groups in total. The zero-order valence-corrected chi connectivity index (χ0v) is 13.8. The highest BCUT2D eigenvalue weighted by atomic mass is 35.5. The van der Waals surface area contributed by atoms with Gasteiger partial charge in [0.1, 0.15) is 11.5 Å². The summed E-state index contributed by atoms with van der Waals surface area (Å²) in [6, 6.07) is 5.85. The highest BCUT2D eigenvalue weighted by Crippen LogP contribution is 2.30. The lowest BCUT2D eigenvalue weighted by Crippen LogP contribution is -2.23. The molecule has 21 heavy (non-hydrogen) atoms. The zero-order valence-electron chi connectivity index (χ0n) is 13.0. The molecular weight excluding hydrogens is 288 g/mol. The average Bonchev–Trinajstić information content (AvgIpc) is 2.78. The second kappa shape index (κ2) is 6.50. The van der Waals surface area contributed by atoms with E-state index in [1.54, 1.807) is 7.11 Å². The van der Waals surface area contributed by atoms with Crippen LogP contribution in [0.15, 0.2) is 22.7 Å². The van der Waals surface area contributed by atoms with E-state index in [4.69, 9.17) is 20.9 Å². The fourth-order valence-corrected chi connectivity index (χ4v) is 2.88. The maximum atomic E-state index is 6.10. The summed E-state index contributed by atoms with van der Waals surface area (Å²) in [5.41, 5.74) is 3.05. The van der Waals surface area contributed by atoms with E-state index in [1.165, 1.54) is 0 Å². The first-order valence-corrected chi connectivity index (χ1v) is 7.34. The summed E-state index contributed by atoms with van der Waals surface area (Å²) < 4.78 is 10.6. The van der Waals surface area contributed by atoms with Crippen molar-refractivity contribution in [3.8, 4) is 5.75 Å². The van der Waals surface area contributed by atoms with Gasteiger partial charge in [-0.15, -0.1) is 0 Å². The molecule has 5 heteroatoms. The van der Waals surface area contributed by atoms with Gasteiger partial charge in [-0.05, 0) is 45.9 Å². The van der Waals surface area contributed by atoms with Crippen LogP contribution >= 0.6 is 11.6 Å². The molecule has 1 aromatic carbocycles. The van der Waals surface area contributed by atoms with Crippen molar-refractivity contribution in [1.29, 1.82) is 0 Å². The average molecular weight is 309 g/mol. The van der Waals surface area contributed by atoms with Crippen molar-refractivity contribution < 1.29 is 9.26 Å². The number of hydrogen-bond donors (Lipinski definition) is 1. The molecule has 0 unspecified atom stereocenters. The van der Waals surface area contributed by atoms with Crippen molar-refractivity contribution in [3.05, 3.63) is 45.8 Å². The minimum absolute atomic E-state index is 0.0855. The Morgan fingerprint density at radius 3 is 2.52 bits per heavy atom. The quantitative estimate of drug-likeness (QED) is 0.891. The van der Waals surface area contributed by atoms with Crippen LogP contribution in [0, 0.1) is 13.8 Å². The normalized spacial score (nSPS) is 14.0. The summed E-state index contributed by atoms with van der Waals surface area (Å²) in [4.78, 5) is 0. The number of rotatable bonds is 5. The van der Waals surface area contributed by atoms with Crippen LogP contribution in [0.1, 0.15) is 48.5 Å². The second-order valence-electron chi connectivity index (χ2n) is 5.23. The number of nitrogens with zero attached hydrogens (tertiary/aromatic N) is 1. The van der Waals surface area contributed by atoms with Gasteiger partial charge in [-0.25, -0.2) is 0 Å². The fraction of sp³-hybridized carbons (Fsp3) is 0.438. The van der Waals surface area contributed by atoms with E-state index in [0.717, 1.165) is 28.3 Å². The number of benzene rings is 1. The standard InChI is InChI=1S/C16H21ClN2O2/c1-9(14-8-13(17)6-7-15(14)20-5)18-10(2)16-11(3)19-21-12(16)4/h6-10,18H,1-5H3/t9-,10+/m1/s1. The van der Waals surface area contributed by atoms with Gasteiger partial charge >= 0.3 is 0 Å². The molecule has 0 aliphatic carbocycles. The third-order valence-corrected chi connectivity index (χ3v) is 3.91. The predicted octanol–water partition coefficient (Wildman–Crippen LogP) is 4.37. The molecule has 4 nitrogen and oxygen atoms in total. The van der Waals surface area contributed by atoms with E-state index < -0.39 is 0 Å². The molecule has 2 atom stereocenters. The number of halogens is 1. The van der Waals surface area contributed by atoms with Crippen LogP contribution in [-0.4, -0.2) is 12.3 Å². The minimum atomic E-state index is 0.0855. The maximum absolute atomic E-state index is 6.10. The Morgan fingerprint density at radius 1 is 1.24 bits per heavy atom. The van der Waals surface area contributed by atoms with Crippen molar-refractivity contribution >= 4 is 11.6 Å². The Labute approximate surface area is 130 Å². The molecule has 0 spiro atoms. The first-order valence-electron chi connectivity index (χ1n) is 6.96. The molecule has 0 aliphatic rings. The molecule has 0 amide bonds. The SMILES string of the molecule is COc1ccc(Cl)cc1[C@@H](C)N[C@@H](C)c1c(C)noc1C.